The van der Waals surface area contributed by atoms with Gasteiger partial charge in [-0.3, -0.25) is 14.9 Å². The van der Waals surface area contributed by atoms with Gasteiger partial charge in [-0.05, 0) is 34.9 Å². The highest BCUT2D eigenvalue weighted by molar-refractivity contribution is 5.92. The van der Waals surface area contributed by atoms with Gasteiger partial charge in [-0.25, -0.2) is 4.79 Å². The minimum atomic E-state index is -0.705. The third-order valence-electron chi connectivity index (χ3n) is 4.06. The molecule has 0 saturated heterocycles. The summed E-state index contributed by atoms with van der Waals surface area (Å²) < 4.78 is 5.25. The molecule has 0 saturated carbocycles. The molecule has 0 unspecified atom stereocenters. The normalized spacial score (nSPS) is 10.3. The highest BCUT2D eigenvalue weighted by Gasteiger charge is 2.17. The molecule has 0 aliphatic carbocycles. The van der Waals surface area contributed by atoms with Gasteiger partial charge >= 0.3 is 5.97 Å². The van der Waals surface area contributed by atoms with Crippen molar-refractivity contribution in [1.82, 2.24) is 0 Å². The van der Waals surface area contributed by atoms with Crippen LogP contribution in [0.5, 0.6) is 5.75 Å². The van der Waals surface area contributed by atoms with Crippen LogP contribution in [0, 0.1) is 10.1 Å². The Labute approximate surface area is 160 Å². The Morgan fingerprint density at radius 2 is 1.79 bits per heavy atom. The number of rotatable bonds is 6. The van der Waals surface area contributed by atoms with E-state index in [1.165, 1.54) is 30.3 Å². The lowest BCUT2D eigenvalue weighted by Crippen LogP contribution is -2.06. The molecule has 3 aromatic carbocycles. The number of phenols is 1. The zero-order valence-electron chi connectivity index (χ0n) is 14.6. The summed E-state index contributed by atoms with van der Waals surface area (Å²) in [5, 5.41) is 20.9. The number of esters is 1. The Kier molecular flexibility index (Phi) is 5.45. The topological polar surface area (TPSA) is 107 Å². The molecule has 0 atom stereocenters. The summed E-state index contributed by atoms with van der Waals surface area (Å²) in [5.41, 5.74) is 1.35. The van der Waals surface area contributed by atoms with Crippen molar-refractivity contribution in [3.63, 3.8) is 0 Å². The van der Waals surface area contributed by atoms with Gasteiger partial charge in [0.1, 0.15) is 12.4 Å². The molecule has 28 heavy (non-hydrogen) atoms. The number of aromatic hydroxyl groups is 1. The van der Waals surface area contributed by atoms with Crippen LogP contribution in [0.4, 0.5) is 5.69 Å². The molecule has 0 radical (unpaired) electrons. The van der Waals surface area contributed by atoms with Gasteiger partial charge in [-0.15, -0.1) is 0 Å². The number of nitro benzene ring substituents is 1. The number of nitrogens with zero attached hydrogens (tertiary/aromatic N) is 1. The Morgan fingerprint density at radius 3 is 2.46 bits per heavy atom. The summed E-state index contributed by atoms with van der Waals surface area (Å²) in [6.45, 7) is 0.0339. The molecule has 1 N–H and O–H groups in total. The highest BCUT2D eigenvalue weighted by atomic mass is 16.6. The van der Waals surface area contributed by atoms with E-state index in [-0.39, 0.29) is 29.2 Å². The van der Waals surface area contributed by atoms with Gasteiger partial charge in [0.2, 0.25) is 0 Å². The number of benzene rings is 3. The second kappa shape index (κ2) is 8.13. The maximum absolute atomic E-state index is 12.4. The van der Waals surface area contributed by atoms with Crippen LogP contribution in [0.25, 0.3) is 11.1 Å². The monoisotopic (exact) mass is 377 g/mol. The summed E-state index contributed by atoms with van der Waals surface area (Å²) in [4.78, 5) is 34.1. The molecular weight excluding hydrogens is 362 g/mol. The average molecular weight is 377 g/mol. The first-order chi connectivity index (χ1) is 13.5. The maximum atomic E-state index is 12.4. The van der Waals surface area contributed by atoms with Gasteiger partial charge in [0.15, 0.2) is 6.29 Å². The van der Waals surface area contributed by atoms with Crippen molar-refractivity contribution in [3.05, 3.63) is 93.5 Å². The molecule has 0 aromatic heterocycles. The number of nitro groups is 1. The van der Waals surface area contributed by atoms with Crippen LogP contribution in [0.2, 0.25) is 0 Å². The molecule has 0 bridgehead atoms. The van der Waals surface area contributed by atoms with Crippen LogP contribution in [0.1, 0.15) is 26.3 Å². The zero-order valence-corrected chi connectivity index (χ0v) is 14.6. The Morgan fingerprint density at radius 1 is 1.04 bits per heavy atom. The van der Waals surface area contributed by atoms with E-state index in [0.717, 1.165) is 11.6 Å². The van der Waals surface area contributed by atoms with Crippen LogP contribution in [-0.4, -0.2) is 22.3 Å². The summed E-state index contributed by atoms with van der Waals surface area (Å²) in [7, 11) is 0. The number of non-ortho nitro benzene ring substituents is 1. The summed E-state index contributed by atoms with van der Waals surface area (Å²) in [5.74, 6) is -0.908. The fraction of sp³-hybridized carbons (Fsp3) is 0.0476. The highest BCUT2D eigenvalue weighted by Crippen LogP contribution is 2.29. The van der Waals surface area contributed by atoms with Crippen molar-refractivity contribution in [2.24, 2.45) is 0 Å². The van der Waals surface area contributed by atoms with E-state index in [0.29, 0.717) is 17.4 Å². The number of carbonyl (C=O) groups is 2. The lowest BCUT2D eigenvalue weighted by atomic mass is 10.00. The number of phenolic OH excluding ortho intramolecular Hbond substituents is 1. The maximum Gasteiger partial charge on any atom is 0.338 e. The van der Waals surface area contributed by atoms with Gasteiger partial charge in [-0.2, -0.15) is 0 Å². The summed E-state index contributed by atoms with van der Waals surface area (Å²) in [6, 6.07) is 17.1. The molecule has 0 aliphatic rings. The molecule has 0 aliphatic heterocycles. The standard InChI is InChI=1S/C21H15NO6/c23-12-18-8-15(6-7-20(18)24)16-9-17(11-19(10-16)22(26)27)21(25)28-13-14-4-2-1-3-5-14/h1-12,24H,13H2. The lowest BCUT2D eigenvalue weighted by Gasteiger charge is -2.08. The summed E-state index contributed by atoms with van der Waals surface area (Å²) >= 11 is 0. The van der Waals surface area contributed by atoms with E-state index < -0.39 is 10.9 Å². The van der Waals surface area contributed by atoms with Crippen molar-refractivity contribution < 1.29 is 24.4 Å². The Bertz CT molecular complexity index is 1050. The Balaban J connectivity index is 1.94. The molecule has 0 heterocycles. The van der Waals surface area contributed by atoms with Crippen molar-refractivity contribution in [2.45, 2.75) is 6.61 Å². The predicted molar refractivity (Wildman–Crippen MR) is 101 cm³/mol. The second-order valence-corrected chi connectivity index (χ2v) is 5.98. The van der Waals surface area contributed by atoms with Gasteiger partial charge in [0.05, 0.1) is 16.1 Å². The fourth-order valence-electron chi connectivity index (χ4n) is 2.64. The molecule has 3 aromatic rings. The molecular formula is C21H15NO6. The summed E-state index contributed by atoms with van der Waals surface area (Å²) in [6.07, 6.45) is 0.477. The quantitative estimate of drug-likeness (QED) is 0.299. The second-order valence-electron chi connectivity index (χ2n) is 5.98. The molecule has 0 spiro atoms. The fourth-order valence-corrected chi connectivity index (χ4v) is 2.64. The number of hydrogen-bond acceptors (Lipinski definition) is 6. The van der Waals surface area contributed by atoms with Crippen LogP contribution in [-0.2, 0) is 11.3 Å². The van der Waals surface area contributed by atoms with Crippen molar-refractivity contribution >= 4 is 17.9 Å². The van der Waals surface area contributed by atoms with Gasteiger partial charge in [0, 0.05) is 12.1 Å². The zero-order chi connectivity index (χ0) is 20.1. The lowest BCUT2D eigenvalue weighted by molar-refractivity contribution is -0.384. The van der Waals surface area contributed by atoms with Crippen molar-refractivity contribution in [3.8, 4) is 16.9 Å². The first-order valence-electron chi connectivity index (χ1n) is 8.27. The van der Waals surface area contributed by atoms with Gasteiger partial charge in [0.25, 0.3) is 5.69 Å². The van der Waals surface area contributed by atoms with Crippen molar-refractivity contribution in [1.29, 1.82) is 0 Å². The van der Waals surface area contributed by atoms with Gasteiger partial charge < -0.3 is 9.84 Å². The first kappa shape index (κ1) is 18.8. The van der Waals surface area contributed by atoms with E-state index in [1.54, 1.807) is 12.1 Å². The van der Waals surface area contributed by atoms with Crippen LogP contribution < -0.4 is 0 Å². The van der Waals surface area contributed by atoms with E-state index in [2.05, 4.69) is 0 Å². The van der Waals surface area contributed by atoms with E-state index >= 15 is 0 Å². The minimum absolute atomic E-state index is 0.0147. The molecule has 7 nitrogen and oxygen atoms in total. The molecule has 3 rings (SSSR count). The largest absolute Gasteiger partial charge is 0.507 e. The Hall–Kier alpha value is -4.00. The van der Waals surface area contributed by atoms with Crippen LogP contribution in [0.3, 0.4) is 0 Å². The van der Waals surface area contributed by atoms with Crippen molar-refractivity contribution in [2.75, 3.05) is 0 Å². The van der Waals surface area contributed by atoms with Crippen LogP contribution in [0.15, 0.2) is 66.7 Å². The first-order valence-corrected chi connectivity index (χ1v) is 8.27. The minimum Gasteiger partial charge on any atom is -0.507 e. The SMILES string of the molecule is O=Cc1cc(-c2cc(C(=O)OCc3ccccc3)cc([N+](=O)[O-])c2)ccc1O. The molecule has 140 valence electrons. The number of ether oxygens (including phenoxy) is 1. The smallest absolute Gasteiger partial charge is 0.338 e. The van der Waals surface area contributed by atoms with E-state index in [4.69, 9.17) is 4.74 Å². The number of hydrogen-bond donors (Lipinski definition) is 1. The van der Waals surface area contributed by atoms with Crippen LogP contribution >= 0.6 is 0 Å². The third-order valence-corrected chi connectivity index (χ3v) is 4.06. The average Bonchev–Trinajstić information content (AvgIpc) is 2.72. The molecule has 7 heteroatoms. The molecule has 0 fully saturated rings. The number of carbonyl (C=O) groups excluding carboxylic acids is 2. The van der Waals surface area contributed by atoms with E-state index in [1.807, 2.05) is 18.2 Å². The molecule has 0 amide bonds. The third kappa shape index (κ3) is 4.21. The predicted octanol–water partition coefficient (Wildman–Crippen LogP) is 4.14. The number of aldehydes is 1. The van der Waals surface area contributed by atoms with E-state index in [9.17, 15) is 24.8 Å². The van der Waals surface area contributed by atoms with Gasteiger partial charge in [-0.1, -0.05) is 36.4 Å².